The van der Waals surface area contributed by atoms with Crippen LogP contribution in [0.4, 0.5) is 5.69 Å². The molecule has 0 unspecified atom stereocenters. The molecule has 3 aromatic carbocycles. The molecule has 0 aliphatic rings. The maximum Gasteiger partial charge on any atom is 0.271 e. The zero-order chi connectivity index (χ0) is 22.2. The van der Waals surface area contributed by atoms with Crippen LogP contribution in [0.25, 0.3) is 0 Å². The average molecular weight is 480 g/mol. The molecule has 0 spiro atoms. The molecule has 0 aliphatic carbocycles. The van der Waals surface area contributed by atoms with E-state index in [-0.39, 0.29) is 18.4 Å². The van der Waals surface area contributed by atoms with Crippen molar-refractivity contribution in [2.75, 3.05) is 11.9 Å². The van der Waals surface area contributed by atoms with Gasteiger partial charge in [0.2, 0.25) is 0 Å². The monoisotopic (exact) mass is 479 g/mol. The van der Waals surface area contributed by atoms with Crippen molar-refractivity contribution >= 4 is 39.6 Å². The van der Waals surface area contributed by atoms with Gasteiger partial charge in [-0.2, -0.15) is 5.10 Å². The number of aryl methyl sites for hydroxylation is 2. The number of hydrogen-bond donors (Lipinski definition) is 2. The Labute approximate surface area is 189 Å². The lowest BCUT2D eigenvalue weighted by molar-refractivity contribution is -0.118. The molecular weight excluding hydrogens is 458 g/mol. The highest BCUT2D eigenvalue weighted by molar-refractivity contribution is 9.10. The molecule has 6 nitrogen and oxygen atoms in total. The van der Waals surface area contributed by atoms with E-state index in [4.69, 9.17) is 4.74 Å². The van der Waals surface area contributed by atoms with E-state index < -0.39 is 0 Å². The summed E-state index contributed by atoms with van der Waals surface area (Å²) in [6, 6.07) is 20.0. The molecule has 0 aliphatic heterocycles. The van der Waals surface area contributed by atoms with E-state index in [0.717, 1.165) is 15.6 Å². The van der Waals surface area contributed by atoms with Gasteiger partial charge in [-0.25, -0.2) is 5.43 Å². The first-order chi connectivity index (χ1) is 14.9. The van der Waals surface area contributed by atoms with Crippen molar-refractivity contribution < 1.29 is 14.3 Å². The largest absolute Gasteiger partial charge is 0.483 e. The predicted molar refractivity (Wildman–Crippen MR) is 126 cm³/mol. The van der Waals surface area contributed by atoms with Gasteiger partial charge >= 0.3 is 0 Å². The summed E-state index contributed by atoms with van der Waals surface area (Å²) in [4.78, 5) is 24.4. The molecule has 2 amide bonds. The summed E-state index contributed by atoms with van der Waals surface area (Å²) in [7, 11) is 0. The molecule has 0 saturated carbocycles. The smallest absolute Gasteiger partial charge is 0.271 e. The minimum Gasteiger partial charge on any atom is -0.483 e. The lowest BCUT2D eigenvalue weighted by Crippen LogP contribution is -2.20. The average Bonchev–Trinajstić information content (AvgIpc) is 2.73. The second kappa shape index (κ2) is 10.5. The number of rotatable bonds is 7. The molecule has 7 heteroatoms. The number of hydrazone groups is 1. The number of carbonyl (C=O) groups is 2. The van der Waals surface area contributed by atoms with Crippen molar-refractivity contribution in [3.8, 4) is 5.75 Å². The first-order valence-electron chi connectivity index (χ1n) is 9.59. The van der Waals surface area contributed by atoms with Crippen molar-refractivity contribution in [1.29, 1.82) is 0 Å². The number of nitrogens with one attached hydrogen (secondary N) is 2. The van der Waals surface area contributed by atoms with E-state index in [1.165, 1.54) is 6.21 Å². The van der Waals surface area contributed by atoms with Crippen molar-refractivity contribution in [1.82, 2.24) is 5.43 Å². The van der Waals surface area contributed by atoms with Crippen molar-refractivity contribution in [3.63, 3.8) is 0 Å². The fourth-order valence-corrected chi connectivity index (χ4v) is 3.12. The Morgan fingerprint density at radius 3 is 2.52 bits per heavy atom. The molecule has 2 N–H and O–H groups in total. The minimum absolute atomic E-state index is 0.161. The molecular formula is C24H22BrN3O3. The maximum absolute atomic E-state index is 12.2. The zero-order valence-electron chi connectivity index (χ0n) is 17.2. The summed E-state index contributed by atoms with van der Waals surface area (Å²) in [5.41, 5.74) is 6.46. The van der Waals surface area contributed by atoms with Crippen LogP contribution in [0.15, 0.2) is 76.3 Å². The molecule has 0 atom stereocenters. The van der Waals surface area contributed by atoms with Crippen LogP contribution < -0.4 is 15.5 Å². The Hall–Kier alpha value is -3.45. The topological polar surface area (TPSA) is 79.8 Å². The Morgan fingerprint density at radius 1 is 1.00 bits per heavy atom. The fourth-order valence-electron chi connectivity index (χ4n) is 2.74. The first-order valence-corrected chi connectivity index (χ1v) is 10.4. The Bertz CT molecular complexity index is 1110. The van der Waals surface area contributed by atoms with Crippen LogP contribution in [0.1, 0.15) is 27.0 Å². The van der Waals surface area contributed by atoms with E-state index in [1.54, 1.807) is 30.3 Å². The summed E-state index contributed by atoms with van der Waals surface area (Å²) in [6.07, 6.45) is 1.48. The number of anilines is 1. The van der Waals surface area contributed by atoms with Gasteiger partial charge in [-0.15, -0.1) is 0 Å². The highest BCUT2D eigenvalue weighted by atomic mass is 79.9. The van der Waals surface area contributed by atoms with E-state index >= 15 is 0 Å². The maximum atomic E-state index is 12.2. The first kappa shape index (κ1) is 22.2. The van der Waals surface area contributed by atoms with Crippen LogP contribution >= 0.6 is 15.9 Å². The molecule has 31 heavy (non-hydrogen) atoms. The van der Waals surface area contributed by atoms with Crippen LogP contribution in [-0.2, 0) is 4.79 Å². The Balaban J connectivity index is 1.61. The van der Waals surface area contributed by atoms with Gasteiger partial charge in [0.15, 0.2) is 6.61 Å². The zero-order valence-corrected chi connectivity index (χ0v) is 18.8. The number of benzene rings is 3. The lowest BCUT2D eigenvalue weighted by atomic mass is 10.1. The number of halogens is 1. The SMILES string of the molecule is Cc1ccc(C(=O)N/N=C/c2cc(Br)ccc2OCC(=O)Nc2cccc(C)c2)cc1. The van der Waals surface area contributed by atoms with Crippen molar-refractivity contribution in [2.24, 2.45) is 5.10 Å². The van der Waals surface area contributed by atoms with Crippen LogP contribution in [0.5, 0.6) is 5.75 Å². The third kappa shape index (κ3) is 6.79. The summed E-state index contributed by atoms with van der Waals surface area (Å²) < 4.78 is 6.49. The second-order valence-corrected chi connectivity index (χ2v) is 7.87. The van der Waals surface area contributed by atoms with Gasteiger partial charge in [-0.05, 0) is 61.9 Å². The van der Waals surface area contributed by atoms with Gasteiger partial charge < -0.3 is 10.1 Å². The van der Waals surface area contributed by atoms with E-state index in [1.807, 2.05) is 50.2 Å². The molecule has 3 rings (SSSR count). The molecule has 0 aromatic heterocycles. The Morgan fingerprint density at radius 2 is 1.77 bits per heavy atom. The quantitative estimate of drug-likeness (QED) is 0.375. The second-order valence-electron chi connectivity index (χ2n) is 6.95. The fraction of sp³-hybridized carbons (Fsp3) is 0.125. The highest BCUT2D eigenvalue weighted by Crippen LogP contribution is 2.22. The van der Waals surface area contributed by atoms with Crippen LogP contribution in [0.2, 0.25) is 0 Å². The van der Waals surface area contributed by atoms with Crippen LogP contribution in [0.3, 0.4) is 0 Å². The number of hydrogen-bond acceptors (Lipinski definition) is 4. The number of carbonyl (C=O) groups excluding carboxylic acids is 2. The van der Waals surface area contributed by atoms with Gasteiger partial charge in [0, 0.05) is 21.3 Å². The van der Waals surface area contributed by atoms with Gasteiger partial charge in [-0.1, -0.05) is 45.8 Å². The standard InChI is InChI=1S/C24H22BrN3O3/c1-16-6-8-18(9-7-16)24(30)28-26-14-19-13-20(25)10-11-22(19)31-15-23(29)27-21-5-3-4-17(2)12-21/h3-14H,15H2,1-2H3,(H,27,29)(H,28,30)/b26-14+. The Kier molecular flexibility index (Phi) is 7.56. The van der Waals surface area contributed by atoms with Gasteiger partial charge in [0.1, 0.15) is 5.75 Å². The summed E-state index contributed by atoms with van der Waals surface area (Å²) in [5.74, 6) is -0.119. The van der Waals surface area contributed by atoms with Crippen molar-refractivity contribution in [2.45, 2.75) is 13.8 Å². The molecule has 3 aromatic rings. The lowest BCUT2D eigenvalue weighted by Gasteiger charge is -2.10. The molecule has 0 heterocycles. The molecule has 0 radical (unpaired) electrons. The number of nitrogens with zero attached hydrogens (tertiary/aromatic N) is 1. The predicted octanol–water partition coefficient (Wildman–Crippen LogP) is 4.85. The van der Waals surface area contributed by atoms with Crippen LogP contribution in [0, 0.1) is 13.8 Å². The molecule has 0 saturated heterocycles. The summed E-state index contributed by atoms with van der Waals surface area (Å²) >= 11 is 3.41. The van der Waals surface area contributed by atoms with Gasteiger partial charge in [-0.3, -0.25) is 9.59 Å². The minimum atomic E-state index is -0.314. The third-order valence-electron chi connectivity index (χ3n) is 4.32. The van der Waals surface area contributed by atoms with E-state index in [9.17, 15) is 9.59 Å². The van der Waals surface area contributed by atoms with Crippen molar-refractivity contribution in [3.05, 3.63) is 93.5 Å². The van der Waals surface area contributed by atoms with Gasteiger partial charge in [0.05, 0.1) is 6.21 Å². The number of ether oxygens (including phenoxy) is 1. The summed E-state index contributed by atoms with van der Waals surface area (Å²) in [6.45, 7) is 3.75. The van der Waals surface area contributed by atoms with Gasteiger partial charge in [0.25, 0.3) is 11.8 Å². The normalized spacial score (nSPS) is 10.7. The van der Waals surface area contributed by atoms with E-state index in [0.29, 0.717) is 22.6 Å². The molecule has 0 bridgehead atoms. The molecule has 0 fully saturated rings. The van der Waals surface area contributed by atoms with E-state index in [2.05, 4.69) is 31.8 Å². The number of amides is 2. The van der Waals surface area contributed by atoms with Crippen LogP contribution in [-0.4, -0.2) is 24.6 Å². The highest BCUT2D eigenvalue weighted by Gasteiger charge is 2.08. The summed E-state index contributed by atoms with van der Waals surface area (Å²) in [5, 5.41) is 6.82. The third-order valence-corrected chi connectivity index (χ3v) is 4.81. The molecule has 158 valence electrons.